The molecule has 9 nitrogen and oxygen atoms in total. The summed E-state index contributed by atoms with van der Waals surface area (Å²) >= 11 is 0. The van der Waals surface area contributed by atoms with Crippen LogP contribution in [0.15, 0.2) is 72.8 Å². The van der Waals surface area contributed by atoms with Crippen molar-refractivity contribution in [3.05, 3.63) is 89.5 Å². The van der Waals surface area contributed by atoms with E-state index in [-0.39, 0.29) is 48.7 Å². The smallest absolute Gasteiger partial charge is 0.491 e. The molecule has 1 aliphatic heterocycles. The molecule has 1 fully saturated rings. The van der Waals surface area contributed by atoms with Crippen molar-refractivity contribution in [3.8, 4) is 11.5 Å². The van der Waals surface area contributed by atoms with Crippen molar-refractivity contribution in [1.29, 1.82) is 0 Å². The summed E-state index contributed by atoms with van der Waals surface area (Å²) in [5.74, 6) is -0.205. The van der Waals surface area contributed by atoms with Gasteiger partial charge < -0.3 is 25.2 Å². The molecule has 0 aliphatic carbocycles. The molecule has 0 spiro atoms. The van der Waals surface area contributed by atoms with Crippen molar-refractivity contribution in [1.82, 2.24) is 10.6 Å². The van der Waals surface area contributed by atoms with Gasteiger partial charge in [-0.2, -0.15) is 0 Å². The van der Waals surface area contributed by atoms with Gasteiger partial charge in [-0.25, -0.2) is 0 Å². The van der Waals surface area contributed by atoms with Crippen LogP contribution in [-0.4, -0.2) is 63.6 Å². The Balaban J connectivity index is 0.00000552. The second-order valence-corrected chi connectivity index (χ2v) is 13.0. The Morgan fingerprint density at radius 1 is 1.00 bits per heavy atom. The number of rotatable bonds is 13. The van der Waals surface area contributed by atoms with Crippen molar-refractivity contribution in [2.75, 3.05) is 23.1 Å². The van der Waals surface area contributed by atoms with E-state index in [1.165, 1.54) is 22.5 Å². The zero-order chi connectivity index (χ0) is 31.9. The van der Waals surface area contributed by atoms with E-state index in [0.29, 0.717) is 36.4 Å². The molecule has 1 aliphatic rings. The third-order valence-corrected chi connectivity index (χ3v) is 8.78. The zero-order valence-electron chi connectivity index (χ0n) is 24.9. The Labute approximate surface area is 268 Å². The number of aliphatic hydroxyl groups is 1. The van der Waals surface area contributed by atoms with Crippen molar-refractivity contribution in [3.63, 3.8) is 0 Å². The van der Waals surface area contributed by atoms with E-state index in [9.17, 15) is 32.2 Å². The number of carbonyl (C=O) groups is 1. The van der Waals surface area contributed by atoms with Gasteiger partial charge in [0.25, 0.3) is 5.91 Å². The summed E-state index contributed by atoms with van der Waals surface area (Å²) in [6.07, 6.45) is -5.18. The Kier molecular flexibility index (Phi) is 12.8. The summed E-state index contributed by atoms with van der Waals surface area (Å²) in [5.41, 5.74) is 2.06. The molecule has 0 aromatic heterocycles. The second-order valence-electron chi connectivity index (χ2n) is 10.8. The summed E-state index contributed by atoms with van der Waals surface area (Å²) in [6, 6.07) is 18.9. The predicted octanol–water partition coefficient (Wildman–Crippen LogP) is 6.16. The van der Waals surface area contributed by atoms with Gasteiger partial charge in [0.15, 0.2) is 0 Å². The molecule has 14 heteroatoms. The highest BCUT2D eigenvalue weighted by Crippen LogP contribution is 2.51. The maximum absolute atomic E-state index is 13.6. The van der Waals surface area contributed by atoms with Gasteiger partial charge in [-0.15, -0.1) is 36.4 Å². The van der Waals surface area contributed by atoms with Crippen molar-refractivity contribution >= 4 is 34.8 Å². The number of halogens is 4. The standard InChI is InChI=1S/C31H38F3N3O6S.ClH/c1-21(2)42-27-17-24(16-25(18-27)37-12-7-13-44(37,40)41)30(39)36-28(15-22-8-4-3-5-9-22)29(38)20-35-19-23-10-6-11-26(14-23)43-31(32,33)34;/h3-6,8-11,14,16-18,21,28-29,35,38,40-41H,7,12-13,15,19-20H2,1-2H3,(H,36,39);1H/t28-,29+;/m0./s1. The summed E-state index contributed by atoms with van der Waals surface area (Å²) < 4.78 is 70.2. The molecule has 3 aromatic rings. The predicted molar refractivity (Wildman–Crippen MR) is 171 cm³/mol. The minimum Gasteiger partial charge on any atom is -0.491 e. The lowest BCUT2D eigenvalue weighted by Crippen LogP contribution is -2.48. The highest BCUT2D eigenvalue weighted by atomic mass is 35.5. The molecule has 5 N–H and O–H groups in total. The summed E-state index contributed by atoms with van der Waals surface area (Å²) in [5, 5.41) is 17.1. The van der Waals surface area contributed by atoms with Gasteiger partial charge in [0.05, 0.1) is 29.7 Å². The summed E-state index contributed by atoms with van der Waals surface area (Å²) in [6.45, 7) is 4.28. The van der Waals surface area contributed by atoms with Gasteiger partial charge in [0.2, 0.25) is 0 Å². The molecule has 3 aromatic carbocycles. The molecule has 1 heterocycles. The highest BCUT2D eigenvalue weighted by molar-refractivity contribution is 8.25. The van der Waals surface area contributed by atoms with Gasteiger partial charge in [-0.1, -0.05) is 42.5 Å². The first-order valence-corrected chi connectivity index (χ1v) is 15.9. The van der Waals surface area contributed by atoms with Gasteiger partial charge in [0.1, 0.15) is 11.5 Å². The molecule has 0 radical (unpaired) electrons. The van der Waals surface area contributed by atoms with E-state index in [4.69, 9.17) is 4.74 Å². The lowest BCUT2D eigenvalue weighted by Gasteiger charge is -2.38. The number of carbonyl (C=O) groups excluding carboxylic acids is 1. The number of benzene rings is 3. The van der Waals surface area contributed by atoms with Crippen LogP contribution in [0.4, 0.5) is 18.9 Å². The number of ether oxygens (including phenoxy) is 2. The molecule has 248 valence electrons. The number of nitrogens with one attached hydrogen (secondary N) is 2. The van der Waals surface area contributed by atoms with Crippen LogP contribution in [0.25, 0.3) is 0 Å². The monoisotopic (exact) mass is 673 g/mol. The maximum atomic E-state index is 13.6. The molecule has 0 unspecified atom stereocenters. The van der Waals surface area contributed by atoms with Crippen LogP contribution in [0.5, 0.6) is 11.5 Å². The fourth-order valence-corrected chi connectivity index (χ4v) is 6.52. The topological polar surface area (TPSA) is 124 Å². The third-order valence-electron chi connectivity index (χ3n) is 6.84. The first-order chi connectivity index (χ1) is 20.8. The van der Waals surface area contributed by atoms with E-state index in [1.54, 1.807) is 24.3 Å². The van der Waals surface area contributed by atoms with Gasteiger partial charge in [-0.3, -0.25) is 18.2 Å². The average Bonchev–Trinajstić information content (AvgIpc) is 3.30. The van der Waals surface area contributed by atoms with Crippen LogP contribution < -0.4 is 24.4 Å². The average molecular weight is 674 g/mol. The number of nitrogens with zero attached hydrogens (tertiary/aromatic N) is 1. The van der Waals surface area contributed by atoms with Crippen molar-refractivity contribution < 1.29 is 41.7 Å². The van der Waals surface area contributed by atoms with Crippen LogP contribution in [0.1, 0.15) is 41.8 Å². The van der Waals surface area contributed by atoms with E-state index in [1.807, 2.05) is 44.2 Å². The van der Waals surface area contributed by atoms with E-state index in [0.717, 1.165) is 5.56 Å². The molecule has 45 heavy (non-hydrogen) atoms. The summed E-state index contributed by atoms with van der Waals surface area (Å²) in [7, 11) is -3.02. The zero-order valence-corrected chi connectivity index (χ0v) is 26.5. The largest absolute Gasteiger partial charge is 0.573 e. The molecule has 4 rings (SSSR count). The van der Waals surface area contributed by atoms with E-state index in [2.05, 4.69) is 15.4 Å². The lowest BCUT2D eigenvalue weighted by molar-refractivity contribution is -0.274. The molecule has 1 saturated heterocycles. The Bertz CT molecular complexity index is 1400. The van der Waals surface area contributed by atoms with Crippen molar-refractivity contribution in [2.45, 2.75) is 57.8 Å². The van der Waals surface area contributed by atoms with E-state index < -0.39 is 35.2 Å². The SMILES string of the molecule is CC(C)Oc1cc(C(=O)N[C@@H](Cc2ccccc2)[C@H](O)CNCc2cccc(OC(F)(F)F)c2)cc(N2CCCS2(O)O)c1.Cl. The van der Waals surface area contributed by atoms with Crippen LogP contribution in [0.3, 0.4) is 0 Å². The number of hydrogen-bond donors (Lipinski definition) is 5. The minimum atomic E-state index is -4.80. The van der Waals surface area contributed by atoms with Crippen LogP contribution in [0.2, 0.25) is 0 Å². The third kappa shape index (κ3) is 11.0. The number of anilines is 1. The van der Waals surface area contributed by atoms with E-state index >= 15 is 0 Å². The highest BCUT2D eigenvalue weighted by Gasteiger charge is 2.32. The molecular formula is C31H39ClF3N3O6S. The fourth-order valence-electron chi connectivity index (χ4n) is 4.92. The Morgan fingerprint density at radius 3 is 2.36 bits per heavy atom. The molecule has 0 saturated carbocycles. The normalized spacial score (nSPS) is 16.4. The minimum absolute atomic E-state index is 0. The number of aliphatic hydroxyl groups excluding tert-OH is 1. The Hall–Kier alpha value is -3.20. The van der Waals surface area contributed by atoms with Gasteiger partial charge in [0, 0.05) is 31.3 Å². The van der Waals surface area contributed by atoms with Crippen LogP contribution in [0, 0.1) is 0 Å². The first kappa shape index (κ1) is 36.3. The van der Waals surface area contributed by atoms with Crippen LogP contribution in [-0.2, 0) is 13.0 Å². The number of amides is 1. The molecular weight excluding hydrogens is 635 g/mol. The quantitative estimate of drug-likeness (QED) is 0.146. The van der Waals surface area contributed by atoms with Gasteiger partial charge in [-0.05, 0) is 62.1 Å². The maximum Gasteiger partial charge on any atom is 0.573 e. The van der Waals surface area contributed by atoms with Crippen molar-refractivity contribution in [2.24, 2.45) is 0 Å². The first-order valence-electron chi connectivity index (χ1n) is 14.2. The molecule has 2 atom stereocenters. The molecule has 0 bridgehead atoms. The number of alkyl halides is 3. The van der Waals surface area contributed by atoms with Crippen LogP contribution >= 0.6 is 23.2 Å². The lowest BCUT2D eigenvalue weighted by atomic mass is 10.00. The second kappa shape index (κ2) is 15.9. The van der Waals surface area contributed by atoms with Gasteiger partial charge >= 0.3 is 6.36 Å². The fraction of sp³-hybridized carbons (Fsp3) is 0.387. The summed E-state index contributed by atoms with van der Waals surface area (Å²) in [4.78, 5) is 13.6. The molecule has 1 amide bonds. The number of hydrogen-bond acceptors (Lipinski definition) is 8. The Morgan fingerprint density at radius 2 is 1.71 bits per heavy atom.